The molecule has 1 aromatic heterocycles. The number of carbonyl (C=O) groups excluding carboxylic acids is 2. The fraction of sp³-hybridized carbons (Fsp3) is 0.476. The van der Waals surface area contributed by atoms with E-state index in [4.69, 9.17) is 5.10 Å². The first-order valence-corrected chi connectivity index (χ1v) is 9.34. The average Bonchev–Trinajstić information content (AvgIpc) is 2.99. The van der Waals surface area contributed by atoms with Gasteiger partial charge in [0.05, 0.1) is 17.9 Å². The number of aromatic nitrogens is 2. The van der Waals surface area contributed by atoms with Crippen LogP contribution < -0.4 is 5.32 Å². The second kappa shape index (κ2) is 8.37. The van der Waals surface area contributed by atoms with Gasteiger partial charge in [0.25, 0.3) is 0 Å². The van der Waals surface area contributed by atoms with Crippen molar-refractivity contribution in [2.24, 2.45) is 0 Å². The molecule has 27 heavy (non-hydrogen) atoms. The first-order valence-electron chi connectivity index (χ1n) is 9.34. The van der Waals surface area contributed by atoms with Crippen LogP contribution in [0, 0.1) is 6.92 Å². The van der Waals surface area contributed by atoms with Crippen LogP contribution in [0.1, 0.15) is 51.8 Å². The highest BCUT2D eigenvalue weighted by molar-refractivity contribution is 5.94. The molecule has 2 aromatic rings. The second-order valence-electron chi connectivity index (χ2n) is 7.91. The van der Waals surface area contributed by atoms with E-state index in [1.165, 1.54) is 4.90 Å². The van der Waals surface area contributed by atoms with E-state index in [1.807, 2.05) is 44.2 Å². The standard InChI is InChI=1S/C21H30N4O2/c1-7-10-20(27)24(6)14-19(26)22-18-13-17(21(3,4)5)23-25(18)16-12-9-8-11-15(16)2/h8-9,11-13H,7,10,14H2,1-6H3,(H,22,26). The van der Waals surface area contributed by atoms with Crippen molar-refractivity contribution in [2.45, 2.75) is 52.9 Å². The predicted molar refractivity (Wildman–Crippen MR) is 108 cm³/mol. The summed E-state index contributed by atoms with van der Waals surface area (Å²) in [6.45, 7) is 10.2. The molecule has 0 spiro atoms. The Bertz CT molecular complexity index is 818. The summed E-state index contributed by atoms with van der Waals surface area (Å²) in [6.07, 6.45) is 1.21. The van der Waals surface area contributed by atoms with Gasteiger partial charge in [0.2, 0.25) is 11.8 Å². The van der Waals surface area contributed by atoms with Gasteiger partial charge in [0.1, 0.15) is 5.82 Å². The van der Waals surface area contributed by atoms with Gasteiger partial charge in [-0.1, -0.05) is 45.9 Å². The van der Waals surface area contributed by atoms with Crippen molar-refractivity contribution in [2.75, 3.05) is 18.9 Å². The molecule has 0 aliphatic carbocycles. The Labute approximate surface area is 161 Å². The first kappa shape index (κ1) is 20.7. The SMILES string of the molecule is CCCC(=O)N(C)CC(=O)Nc1cc(C(C)(C)C)nn1-c1ccccc1C. The second-order valence-corrected chi connectivity index (χ2v) is 7.91. The van der Waals surface area contributed by atoms with E-state index in [2.05, 4.69) is 26.1 Å². The molecule has 0 aliphatic heterocycles. The lowest BCUT2D eigenvalue weighted by Gasteiger charge is -2.17. The highest BCUT2D eigenvalue weighted by Crippen LogP contribution is 2.27. The van der Waals surface area contributed by atoms with Crippen LogP contribution >= 0.6 is 0 Å². The Morgan fingerprint density at radius 2 is 1.89 bits per heavy atom. The molecule has 0 bridgehead atoms. The Balaban J connectivity index is 2.30. The van der Waals surface area contributed by atoms with Crippen LogP contribution in [-0.2, 0) is 15.0 Å². The number of aryl methyl sites for hydroxylation is 1. The Morgan fingerprint density at radius 1 is 1.22 bits per heavy atom. The highest BCUT2D eigenvalue weighted by Gasteiger charge is 2.22. The van der Waals surface area contributed by atoms with E-state index in [0.717, 1.165) is 23.4 Å². The number of para-hydroxylation sites is 1. The molecule has 0 unspecified atom stereocenters. The minimum Gasteiger partial charge on any atom is -0.336 e. The molecule has 6 nitrogen and oxygen atoms in total. The Hall–Kier alpha value is -2.63. The van der Waals surface area contributed by atoms with Gasteiger partial charge in [0.15, 0.2) is 0 Å². The third-order valence-corrected chi connectivity index (χ3v) is 4.36. The van der Waals surface area contributed by atoms with Crippen molar-refractivity contribution in [3.05, 3.63) is 41.6 Å². The molecule has 0 aliphatic rings. The zero-order valence-corrected chi connectivity index (χ0v) is 17.2. The number of carbonyl (C=O) groups is 2. The third-order valence-electron chi connectivity index (χ3n) is 4.36. The monoisotopic (exact) mass is 370 g/mol. The van der Waals surface area contributed by atoms with Crippen LogP contribution in [0.5, 0.6) is 0 Å². The number of nitrogens with zero attached hydrogens (tertiary/aromatic N) is 3. The van der Waals surface area contributed by atoms with E-state index in [-0.39, 0.29) is 23.8 Å². The Morgan fingerprint density at radius 3 is 2.48 bits per heavy atom. The van der Waals surface area contributed by atoms with E-state index in [9.17, 15) is 9.59 Å². The molecule has 0 saturated heterocycles. The van der Waals surface area contributed by atoms with Gasteiger partial charge < -0.3 is 10.2 Å². The molecular formula is C21H30N4O2. The lowest BCUT2D eigenvalue weighted by molar-refractivity contribution is -0.133. The highest BCUT2D eigenvalue weighted by atomic mass is 16.2. The van der Waals surface area contributed by atoms with E-state index < -0.39 is 0 Å². The van der Waals surface area contributed by atoms with Crippen molar-refractivity contribution in [1.82, 2.24) is 14.7 Å². The van der Waals surface area contributed by atoms with Crippen molar-refractivity contribution in [1.29, 1.82) is 0 Å². The number of amides is 2. The van der Waals surface area contributed by atoms with Gasteiger partial charge in [-0.2, -0.15) is 5.10 Å². The van der Waals surface area contributed by atoms with Crippen molar-refractivity contribution < 1.29 is 9.59 Å². The summed E-state index contributed by atoms with van der Waals surface area (Å²) in [4.78, 5) is 25.9. The van der Waals surface area contributed by atoms with E-state index >= 15 is 0 Å². The van der Waals surface area contributed by atoms with E-state index in [1.54, 1.807) is 11.7 Å². The first-order chi connectivity index (χ1) is 12.6. The number of likely N-dealkylation sites (N-methyl/N-ethyl adjacent to an activating group) is 1. The normalized spacial score (nSPS) is 11.3. The van der Waals surface area contributed by atoms with Crippen LogP contribution in [0.4, 0.5) is 5.82 Å². The molecular weight excluding hydrogens is 340 g/mol. The third kappa shape index (κ3) is 5.18. The molecule has 1 N–H and O–H groups in total. The molecule has 1 heterocycles. The van der Waals surface area contributed by atoms with Gasteiger partial charge >= 0.3 is 0 Å². The summed E-state index contributed by atoms with van der Waals surface area (Å²) >= 11 is 0. The number of hydrogen-bond donors (Lipinski definition) is 1. The van der Waals surface area contributed by atoms with Crippen molar-refractivity contribution >= 4 is 17.6 Å². The maximum absolute atomic E-state index is 12.5. The Kier molecular flexibility index (Phi) is 6.41. The van der Waals surface area contributed by atoms with Crippen LogP contribution in [0.15, 0.2) is 30.3 Å². The van der Waals surface area contributed by atoms with Crippen LogP contribution in [0.2, 0.25) is 0 Å². The number of anilines is 1. The largest absolute Gasteiger partial charge is 0.336 e. The van der Waals surface area contributed by atoms with Gasteiger partial charge in [-0.25, -0.2) is 4.68 Å². The van der Waals surface area contributed by atoms with Crippen LogP contribution in [-0.4, -0.2) is 40.1 Å². The van der Waals surface area contributed by atoms with Gasteiger partial charge in [-0.15, -0.1) is 0 Å². The molecule has 1 aromatic carbocycles. The maximum Gasteiger partial charge on any atom is 0.245 e. The molecule has 2 amide bonds. The molecule has 0 radical (unpaired) electrons. The zero-order valence-electron chi connectivity index (χ0n) is 17.2. The lowest BCUT2D eigenvalue weighted by atomic mass is 9.92. The summed E-state index contributed by atoms with van der Waals surface area (Å²) in [5, 5.41) is 7.65. The van der Waals surface area contributed by atoms with Gasteiger partial charge in [-0.05, 0) is 25.0 Å². The molecule has 146 valence electrons. The number of rotatable bonds is 6. The van der Waals surface area contributed by atoms with Gasteiger partial charge in [-0.3, -0.25) is 9.59 Å². The topological polar surface area (TPSA) is 67.2 Å². The number of benzene rings is 1. The number of hydrogen-bond acceptors (Lipinski definition) is 3. The zero-order chi connectivity index (χ0) is 20.2. The van der Waals surface area contributed by atoms with E-state index in [0.29, 0.717) is 12.2 Å². The van der Waals surface area contributed by atoms with Crippen LogP contribution in [0.3, 0.4) is 0 Å². The fourth-order valence-corrected chi connectivity index (χ4v) is 2.71. The summed E-state index contributed by atoms with van der Waals surface area (Å²) in [7, 11) is 1.65. The molecule has 0 fully saturated rings. The fourth-order valence-electron chi connectivity index (χ4n) is 2.71. The minimum absolute atomic E-state index is 0.0165. The molecule has 0 atom stereocenters. The predicted octanol–water partition coefficient (Wildman–Crippen LogP) is 3.68. The molecule has 0 saturated carbocycles. The molecule has 2 rings (SSSR count). The summed E-state index contributed by atoms with van der Waals surface area (Å²) in [5.74, 6) is 0.336. The maximum atomic E-state index is 12.5. The number of nitrogens with one attached hydrogen (secondary N) is 1. The van der Waals surface area contributed by atoms with Gasteiger partial charge in [0, 0.05) is 24.9 Å². The van der Waals surface area contributed by atoms with Crippen LogP contribution in [0.25, 0.3) is 5.69 Å². The summed E-state index contributed by atoms with van der Waals surface area (Å²) in [5.41, 5.74) is 2.71. The summed E-state index contributed by atoms with van der Waals surface area (Å²) in [6, 6.07) is 9.80. The quantitative estimate of drug-likeness (QED) is 0.843. The van der Waals surface area contributed by atoms with Crippen molar-refractivity contribution in [3.8, 4) is 5.69 Å². The smallest absolute Gasteiger partial charge is 0.245 e. The van der Waals surface area contributed by atoms with Crippen molar-refractivity contribution in [3.63, 3.8) is 0 Å². The summed E-state index contributed by atoms with van der Waals surface area (Å²) < 4.78 is 1.77. The lowest BCUT2D eigenvalue weighted by Crippen LogP contribution is -2.35. The molecule has 6 heteroatoms. The minimum atomic E-state index is -0.239. The average molecular weight is 370 g/mol.